The molecule has 1 saturated heterocycles. The molecule has 2 amide bonds. The van der Waals surface area contributed by atoms with E-state index in [4.69, 9.17) is 0 Å². The van der Waals surface area contributed by atoms with Crippen LogP contribution in [0.1, 0.15) is 50.9 Å². The fourth-order valence-electron chi connectivity index (χ4n) is 4.80. The second kappa shape index (κ2) is 8.24. The molecule has 184 valence electrons. The molecule has 35 heavy (non-hydrogen) atoms. The summed E-state index contributed by atoms with van der Waals surface area (Å²) >= 11 is 0. The van der Waals surface area contributed by atoms with Crippen LogP contribution in [-0.4, -0.2) is 37.1 Å². The van der Waals surface area contributed by atoms with Gasteiger partial charge in [0.25, 0.3) is 0 Å². The molecule has 1 aromatic carbocycles. The number of amides is 2. The lowest BCUT2D eigenvalue weighted by atomic mass is 9.95. The number of carbonyl (C=O) groups is 1. The van der Waals surface area contributed by atoms with E-state index in [1.54, 1.807) is 34.3 Å². The molecule has 1 aliphatic carbocycles. The Morgan fingerprint density at radius 3 is 2.46 bits per heavy atom. The van der Waals surface area contributed by atoms with E-state index in [1.807, 2.05) is 6.92 Å². The van der Waals surface area contributed by atoms with Gasteiger partial charge in [-0.3, -0.25) is 4.90 Å². The Morgan fingerprint density at radius 2 is 1.83 bits per heavy atom. The zero-order valence-electron chi connectivity index (χ0n) is 19.5. The molecule has 0 unspecified atom stereocenters. The molecule has 2 fully saturated rings. The van der Waals surface area contributed by atoms with Crippen LogP contribution in [0.5, 0.6) is 0 Å². The van der Waals surface area contributed by atoms with Crippen LogP contribution >= 0.6 is 0 Å². The van der Waals surface area contributed by atoms with E-state index in [2.05, 4.69) is 39.4 Å². The summed E-state index contributed by atoms with van der Waals surface area (Å²) in [4.78, 5) is 27.8. The second-order valence-electron chi connectivity index (χ2n) is 9.50. The van der Waals surface area contributed by atoms with Gasteiger partial charge in [0, 0.05) is 18.1 Å². The molecule has 2 aliphatic rings. The van der Waals surface area contributed by atoms with Crippen LogP contribution in [0.15, 0.2) is 49.1 Å². The number of aromatic nitrogens is 4. The first-order valence-electron chi connectivity index (χ1n) is 11.5. The average Bonchev–Trinajstić information content (AvgIpc) is 3.27. The van der Waals surface area contributed by atoms with Gasteiger partial charge in [-0.15, -0.1) is 0 Å². The van der Waals surface area contributed by atoms with Crippen molar-refractivity contribution in [1.29, 1.82) is 0 Å². The Morgan fingerprint density at radius 1 is 1.11 bits per heavy atom. The summed E-state index contributed by atoms with van der Waals surface area (Å²) < 4.78 is 40.1. The van der Waals surface area contributed by atoms with Crippen molar-refractivity contribution in [3.63, 3.8) is 0 Å². The Kier molecular flexibility index (Phi) is 5.45. The maximum absolute atomic E-state index is 12.8. The highest BCUT2D eigenvalue weighted by Crippen LogP contribution is 2.48. The fraction of sp³-hybridized carbons (Fsp3) is 0.417. The zero-order chi connectivity index (χ0) is 25.0. The predicted molar refractivity (Wildman–Crippen MR) is 124 cm³/mol. The van der Waals surface area contributed by atoms with Crippen molar-refractivity contribution in [1.82, 2.24) is 24.8 Å². The lowest BCUT2D eigenvalue weighted by molar-refractivity contribution is -0.137. The molecule has 3 heterocycles. The Labute approximate surface area is 200 Å². The van der Waals surface area contributed by atoms with Crippen LogP contribution in [0.3, 0.4) is 0 Å². The van der Waals surface area contributed by atoms with Crippen LogP contribution in [0, 0.1) is 5.92 Å². The van der Waals surface area contributed by atoms with E-state index in [0.29, 0.717) is 23.1 Å². The van der Waals surface area contributed by atoms with Crippen LogP contribution in [0.2, 0.25) is 0 Å². The highest BCUT2D eigenvalue weighted by atomic mass is 19.4. The van der Waals surface area contributed by atoms with E-state index in [1.165, 1.54) is 12.1 Å². The lowest BCUT2D eigenvalue weighted by Crippen LogP contribution is -2.43. The number of hydrogen-bond donors (Lipinski definition) is 2. The molecule has 1 spiro atoms. The molecule has 2 atom stereocenters. The van der Waals surface area contributed by atoms with Crippen molar-refractivity contribution in [2.45, 2.75) is 57.4 Å². The molecule has 0 radical (unpaired) electrons. The summed E-state index contributed by atoms with van der Waals surface area (Å²) in [5, 5.41) is 6.34. The molecule has 5 rings (SSSR count). The zero-order valence-corrected chi connectivity index (χ0v) is 19.5. The average molecular weight is 486 g/mol. The standard InChI is InChI=1S/C24H26F3N7O/c1-14(2)20-23(9-10-23)32-22(35)34(20)19-8-11-28-21(31-19)30-15(3)18-12-33(13-29-18)17-6-4-16(5-7-17)24(25,26)27/h4-8,11-15,20H,9-10H2,1-3H3,(H,32,35)(H,28,30,31)/t15-,20-/m0/s1. The van der Waals surface area contributed by atoms with Crippen LogP contribution in [0.25, 0.3) is 5.69 Å². The second-order valence-corrected chi connectivity index (χ2v) is 9.50. The number of urea groups is 1. The monoisotopic (exact) mass is 485 g/mol. The normalized spacial score (nSPS) is 19.8. The van der Waals surface area contributed by atoms with Gasteiger partial charge in [0.1, 0.15) is 5.82 Å². The van der Waals surface area contributed by atoms with E-state index in [-0.39, 0.29) is 29.6 Å². The third-order valence-electron chi connectivity index (χ3n) is 6.61. The number of nitrogens with zero attached hydrogens (tertiary/aromatic N) is 5. The predicted octanol–water partition coefficient (Wildman–Crippen LogP) is 4.94. The van der Waals surface area contributed by atoms with Gasteiger partial charge in [0.05, 0.1) is 35.2 Å². The van der Waals surface area contributed by atoms with Crippen LogP contribution < -0.4 is 15.5 Å². The summed E-state index contributed by atoms with van der Waals surface area (Å²) in [7, 11) is 0. The molecule has 2 N–H and O–H groups in total. The minimum Gasteiger partial charge on any atom is -0.346 e. The highest BCUT2D eigenvalue weighted by Gasteiger charge is 2.60. The van der Waals surface area contributed by atoms with Gasteiger partial charge < -0.3 is 15.2 Å². The molecule has 0 bridgehead atoms. The molecular weight excluding hydrogens is 459 g/mol. The van der Waals surface area contributed by atoms with Crippen molar-refractivity contribution >= 4 is 17.8 Å². The fourth-order valence-corrected chi connectivity index (χ4v) is 4.80. The number of halogens is 3. The first-order chi connectivity index (χ1) is 16.6. The van der Waals surface area contributed by atoms with Gasteiger partial charge >= 0.3 is 12.2 Å². The SMILES string of the molecule is CC(C)[C@@H]1N(c2ccnc(N[C@@H](C)c3cn(-c4ccc(C(F)(F)F)cc4)cn3)n2)C(=O)NC12CC2. The Bertz CT molecular complexity index is 1230. The van der Waals surface area contributed by atoms with E-state index < -0.39 is 11.7 Å². The smallest absolute Gasteiger partial charge is 0.346 e. The van der Waals surface area contributed by atoms with Crippen molar-refractivity contribution in [3.05, 3.63) is 60.3 Å². The van der Waals surface area contributed by atoms with Crippen molar-refractivity contribution < 1.29 is 18.0 Å². The third-order valence-corrected chi connectivity index (χ3v) is 6.61. The third kappa shape index (κ3) is 4.30. The first-order valence-corrected chi connectivity index (χ1v) is 11.5. The highest BCUT2D eigenvalue weighted by molar-refractivity contribution is 5.96. The molecule has 2 aromatic heterocycles. The summed E-state index contributed by atoms with van der Waals surface area (Å²) in [6, 6.07) is 6.20. The molecule has 8 nitrogen and oxygen atoms in total. The minimum atomic E-state index is -4.38. The van der Waals surface area contributed by atoms with Gasteiger partial charge in [-0.05, 0) is 56.0 Å². The summed E-state index contributed by atoms with van der Waals surface area (Å²) in [5.74, 6) is 1.15. The molecular formula is C24H26F3N7O. The molecule has 11 heteroatoms. The molecule has 1 saturated carbocycles. The van der Waals surface area contributed by atoms with Gasteiger partial charge in [0.15, 0.2) is 0 Å². The maximum atomic E-state index is 12.8. The number of anilines is 2. The maximum Gasteiger partial charge on any atom is 0.416 e. The minimum absolute atomic E-state index is 0.0228. The van der Waals surface area contributed by atoms with Gasteiger partial charge in [-0.25, -0.2) is 14.8 Å². The Balaban J connectivity index is 1.32. The summed E-state index contributed by atoms with van der Waals surface area (Å²) in [6.45, 7) is 6.09. The number of carbonyl (C=O) groups excluding carboxylic acids is 1. The Hall–Kier alpha value is -3.63. The van der Waals surface area contributed by atoms with Gasteiger partial charge in [-0.1, -0.05) is 13.8 Å². The number of alkyl halides is 3. The van der Waals surface area contributed by atoms with Crippen LogP contribution in [0.4, 0.5) is 29.7 Å². The lowest BCUT2D eigenvalue weighted by Gasteiger charge is -2.29. The van der Waals surface area contributed by atoms with E-state index >= 15 is 0 Å². The van der Waals surface area contributed by atoms with Crippen molar-refractivity contribution in [2.24, 2.45) is 5.92 Å². The van der Waals surface area contributed by atoms with Gasteiger partial charge in [0.2, 0.25) is 5.95 Å². The number of rotatable bonds is 6. The first kappa shape index (κ1) is 23.1. The van der Waals surface area contributed by atoms with E-state index in [0.717, 1.165) is 25.0 Å². The van der Waals surface area contributed by atoms with Crippen molar-refractivity contribution in [3.8, 4) is 5.69 Å². The molecule has 3 aromatic rings. The topological polar surface area (TPSA) is 88.0 Å². The number of hydrogen-bond acceptors (Lipinski definition) is 5. The summed E-state index contributed by atoms with van der Waals surface area (Å²) in [6.07, 6.45) is 2.45. The number of benzene rings is 1. The number of imidazole rings is 1. The van der Waals surface area contributed by atoms with Gasteiger partial charge in [-0.2, -0.15) is 18.2 Å². The van der Waals surface area contributed by atoms with Crippen molar-refractivity contribution in [2.75, 3.05) is 10.2 Å². The number of nitrogens with one attached hydrogen (secondary N) is 2. The largest absolute Gasteiger partial charge is 0.416 e. The van der Waals surface area contributed by atoms with Crippen LogP contribution in [-0.2, 0) is 6.18 Å². The quantitative estimate of drug-likeness (QED) is 0.516. The molecule has 1 aliphatic heterocycles. The van der Waals surface area contributed by atoms with E-state index in [9.17, 15) is 18.0 Å². The summed E-state index contributed by atoms with van der Waals surface area (Å²) in [5.41, 5.74) is 0.362.